The zero-order chi connectivity index (χ0) is 13.9. The van der Waals surface area contributed by atoms with Gasteiger partial charge in [-0.2, -0.15) is 0 Å². The van der Waals surface area contributed by atoms with Crippen molar-refractivity contribution >= 4 is 0 Å². The molecule has 20 heavy (non-hydrogen) atoms. The number of nitrogens with zero attached hydrogens (tertiary/aromatic N) is 1. The fourth-order valence-electron chi connectivity index (χ4n) is 2.11. The Morgan fingerprint density at radius 2 is 2.10 bits per heavy atom. The first kappa shape index (κ1) is 13.1. The van der Waals surface area contributed by atoms with E-state index in [9.17, 15) is 0 Å². The van der Waals surface area contributed by atoms with Gasteiger partial charge in [-0.25, -0.2) is 0 Å². The van der Waals surface area contributed by atoms with Crippen LogP contribution in [0.25, 0.3) is 0 Å². The molecule has 3 rings (SSSR count). The highest BCUT2D eigenvalue weighted by molar-refractivity contribution is 5.41. The molecule has 1 aliphatic carbocycles. The van der Waals surface area contributed by atoms with E-state index in [-0.39, 0.29) is 0 Å². The fraction of sp³-hybridized carbons (Fsp3) is 0.353. The van der Waals surface area contributed by atoms with Crippen LogP contribution in [-0.4, -0.2) is 11.0 Å². The summed E-state index contributed by atoms with van der Waals surface area (Å²) in [5.74, 6) is 1.76. The molecule has 3 nitrogen and oxygen atoms in total. The molecule has 1 N–H and O–H groups in total. The fourth-order valence-corrected chi connectivity index (χ4v) is 2.11. The normalized spacial score (nSPS) is 14.3. The second kappa shape index (κ2) is 5.63. The molecule has 104 valence electrons. The minimum absolute atomic E-state index is 0.695. The van der Waals surface area contributed by atoms with Crippen molar-refractivity contribution in [2.45, 2.75) is 39.3 Å². The molecular weight excluding hydrogens is 248 g/mol. The van der Waals surface area contributed by atoms with Gasteiger partial charge in [-0.15, -0.1) is 0 Å². The second-order valence-corrected chi connectivity index (χ2v) is 5.44. The van der Waals surface area contributed by atoms with Crippen molar-refractivity contribution in [2.24, 2.45) is 0 Å². The molecule has 0 radical (unpaired) electrons. The average molecular weight is 268 g/mol. The summed E-state index contributed by atoms with van der Waals surface area (Å²) in [4.78, 5) is 4.38. The van der Waals surface area contributed by atoms with E-state index in [0.717, 1.165) is 23.7 Å². The molecule has 0 atom stereocenters. The zero-order valence-electron chi connectivity index (χ0n) is 12.0. The molecule has 0 amide bonds. The topological polar surface area (TPSA) is 34.1 Å². The average Bonchev–Trinajstić information content (AvgIpc) is 3.26. The van der Waals surface area contributed by atoms with Crippen LogP contribution in [0.5, 0.6) is 11.5 Å². The summed E-state index contributed by atoms with van der Waals surface area (Å²) in [6, 6.07) is 10.7. The first-order chi connectivity index (χ1) is 9.72. The Morgan fingerprint density at radius 3 is 2.90 bits per heavy atom. The molecule has 0 spiro atoms. The number of pyridine rings is 1. The van der Waals surface area contributed by atoms with Crippen LogP contribution >= 0.6 is 0 Å². The van der Waals surface area contributed by atoms with Crippen LogP contribution in [0.15, 0.2) is 36.5 Å². The van der Waals surface area contributed by atoms with Crippen molar-refractivity contribution in [3.8, 4) is 11.5 Å². The van der Waals surface area contributed by atoms with Crippen molar-refractivity contribution < 1.29 is 4.74 Å². The second-order valence-electron chi connectivity index (χ2n) is 5.44. The van der Waals surface area contributed by atoms with Crippen molar-refractivity contribution in [3.63, 3.8) is 0 Å². The Morgan fingerprint density at radius 1 is 1.25 bits per heavy atom. The largest absolute Gasteiger partial charge is 0.457 e. The zero-order valence-corrected chi connectivity index (χ0v) is 12.0. The predicted octanol–water partition coefficient (Wildman–Crippen LogP) is 3.74. The molecular formula is C17H20N2O. The predicted molar refractivity (Wildman–Crippen MR) is 80.1 cm³/mol. The van der Waals surface area contributed by atoms with Gasteiger partial charge in [0.2, 0.25) is 0 Å². The molecule has 3 heteroatoms. The molecule has 1 heterocycles. The van der Waals surface area contributed by atoms with Gasteiger partial charge in [0.1, 0.15) is 11.5 Å². The molecule has 1 aromatic heterocycles. The van der Waals surface area contributed by atoms with Crippen molar-refractivity contribution in [2.75, 3.05) is 0 Å². The van der Waals surface area contributed by atoms with E-state index >= 15 is 0 Å². The number of hydrogen-bond donors (Lipinski definition) is 1. The van der Waals surface area contributed by atoms with E-state index in [4.69, 9.17) is 4.74 Å². The van der Waals surface area contributed by atoms with Crippen LogP contribution < -0.4 is 10.1 Å². The SMILES string of the molecule is Cc1cccc(Oc2ccnc(CNC3CC3)c2)c1C. The summed E-state index contributed by atoms with van der Waals surface area (Å²) in [5.41, 5.74) is 3.45. The van der Waals surface area contributed by atoms with E-state index in [1.165, 1.54) is 24.0 Å². The third kappa shape index (κ3) is 3.17. The number of aryl methyl sites for hydroxylation is 1. The lowest BCUT2D eigenvalue weighted by atomic mass is 10.1. The lowest BCUT2D eigenvalue weighted by molar-refractivity contribution is 0.476. The van der Waals surface area contributed by atoms with Gasteiger partial charge in [-0.3, -0.25) is 4.98 Å². The standard InChI is InChI=1S/C17H20N2O/c1-12-4-3-5-17(13(12)2)20-16-8-9-18-15(10-16)11-19-14-6-7-14/h3-5,8-10,14,19H,6-7,11H2,1-2H3. The van der Waals surface area contributed by atoms with E-state index in [1.807, 2.05) is 30.5 Å². The number of aromatic nitrogens is 1. The van der Waals surface area contributed by atoms with Gasteiger partial charge < -0.3 is 10.1 Å². The number of ether oxygens (including phenoxy) is 1. The number of rotatable bonds is 5. The Kier molecular flexibility index (Phi) is 3.70. The molecule has 1 aromatic carbocycles. The summed E-state index contributed by atoms with van der Waals surface area (Å²) < 4.78 is 5.99. The highest BCUT2D eigenvalue weighted by Gasteiger charge is 2.20. The van der Waals surface area contributed by atoms with Gasteiger partial charge in [0, 0.05) is 24.8 Å². The minimum atomic E-state index is 0.695. The maximum absolute atomic E-state index is 5.99. The molecule has 0 bridgehead atoms. The van der Waals surface area contributed by atoms with Gasteiger partial charge >= 0.3 is 0 Å². The maximum Gasteiger partial charge on any atom is 0.130 e. The smallest absolute Gasteiger partial charge is 0.130 e. The van der Waals surface area contributed by atoms with Gasteiger partial charge in [0.25, 0.3) is 0 Å². The number of nitrogens with one attached hydrogen (secondary N) is 1. The van der Waals surface area contributed by atoms with E-state index in [2.05, 4.69) is 30.2 Å². The summed E-state index contributed by atoms with van der Waals surface area (Å²) in [7, 11) is 0. The summed E-state index contributed by atoms with van der Waals surface area (Å²) in [6.45, 7) is 5.00. The molecule has 1 saturated carbocycles. The quantitative estimate of drug-likeness (QED) is 0.897. The number of hydrogen-bond acceptors (Lipinski definition) is 3. The molecule has 0 saturated heterocycles. The summed E-state index contributed by atoms with van der Waals surface area (Å²) >= 11 is 0. The lowest BCUT2D eigenvalue weighted by Gasteiger charge is -2.11. The molecule has 1 fully saturated rings. The molecule has 1 aliphatic rings. The van der Waals surface area contributed by atoms with Gasteiger partial charge in [0.05, 0.1) is 5.69 Å². The Hall–Kier alpha value is -1.87. The van der Waals surface area contributed by atoms with Crippen LogP contribution in [-0.2, 0) is 6.54 Å². The monoisotopic (exact) mass is 268 g/mol. The van der Waals surface area contributed by atoms with E-state index < -0.39 is 0 Å². The molecule has 0 unspecified atom stereocenters. The van der Waals surface area contributed by atoms with Crippen molar-refractivity contribution in [1.82, 2.24) is 10.3 Å². The van der Waals surface area contributed by atoms with E-state index in [1.54, 1.807) is 0 Å². The Balaban J connectivity index is 1.72. The summed E-state index contributed by atoms with van der Waals surface area (Å²) in [6.07, 6.45) is 4.39. The van der Waals surface area contributed by atoms with Gasteiger partial charge in [0.15, 0.2) is 0 Å². The minimum Gasteiger partial charge on any atom is -0.457 e. The molecule has 2 aromatic rings. The highest BCUT2D eigenvalue weighted by atomic mass is 16.5. The van der Waals surface area contributed by atoms with Crippen molar-refractivity contribution in [1.29, 1.82) is 0 Å². The first-order valence-electron chi connectivity index (χ1n) is 7.15. The Bertz CT molecular complexity index is 606. The van der Waals surface area contributed by atoms with Crippen molar-refractivity contribution in [3.05, 3.63) is 53.3 Å². The van der Waals surface area contributed by atoms with Crippen LogP contribution in [0.1, 0.15) is 29.7 Å². The van der Waals surface area contributed by atoms with Crippen LogP contribution in [0.4, 0.5) is 0 Å². The van der Waals surface area contributed by atoms with Crippen LogP contribution in [0.2, 0.25) is 0 Å². The van der Waals surface area contributed by atoms with Gasteiger partial charge in [-0.1, -0.05) is 12.1 Å². The number of benzene rings is 1. The Labute approximate surface area is 120 Å². The third-order valence-electron chi connectivity index (χ3n) is 3.72. The molecule has 0 aliphatic heterocycles. The highest BCUT2D eigenvalue weighted by Crippen LogP contribution is 2.27. The van der Waals surface area contributed by atoms with E-state index in [0.29, 0.717) is 6.04 Å². The lowest BCUT2D eigenvalue weighted by Crippen LogP contribution is -2.16. The van der Waals surface area contributed by atoms with Crippen LogP contribution in [0.3, 0.4) is 0 Å². The van der Waals surface area contributed by atoms with Crippen LogP contribution in [0, 0.1) is 13.8 Å². The van der Waals surface area contributed by atoms with Gasteiger partial charge in [-0.05, 0) is 49.9 Å². The maximum atomic E-state index is 5.99. The first-order valence-corrected chi connectivity index (χ1v) is 7.15. The third-order valence-corrected chi connectivity index (χ3v) is 3.72. The summed E-state index contributed by atoms with van der Waals surface area (Å²) in [5, 5.41) is 3.47.